The second-order valence-corrected chi connectivity index (χ2v) is 7.44. The van der Waals surface area contributed by atoms with E-state index in [2.05, 4.69) is 36.2 Å². The van der Waals surface area contributed by atoms with Crippen LogP contribution in [-0.2, 0) is 10.3 Å². The predicted octanol–water partition coefficient (Wildman–Crippen LogP) is 4.12. The zero-order valence-corrected chi connectivity index (χ0v) is 16.5. The van der Waals surface area contributed by atoms with Gasteiger partial charge in [0.1, 0.15) is 23.8 Å². The number of nitrogens with two attached hydrogens (primary N) is 1. The summed E-state index contributed by atoms with van der Waals surface area (Å²) in [5.41, 5.74) is 4.01. The fourth-order valence-electron chi connectivity index (χ4n) is 3.20. The van der Waals surface area contributed by atoms with Crippen LogP contribution in [0.15, 0.2) is 52.2 Å². The first-order valence-electron chi connectivity index (χ1n) is 8.56. The van der Waals surface area contributed by atoms with Gasteiger partial charge in [0, 0.05) is 33.5 Å². The topological polar surface area (TPSA) is 85.4 Å². The molecule has 1 unspecified atom stereocenters. The summed E-state index contributed by atoms with van der Waals surface area (Å²) in [7, 11) is 0. The van der Waals surface area contributed by atoms with E-state index >= 15 is 0 Å². The summed E-state index contributed by atoms with van der Waals surface area (Å²) in [6.45, 7) is -0.553. The highest BCUT2D eigenvalue weighted by molar-refractivity contribution is 9.10. The molecule has 3 heterocycles. The summed E-state index contributed by atoms with van der Waals surface area (Å²) in [4.78, 5) is 12.5. The molecular weight excluding hydrogens is 451 g/mol. The molecule has 1 atom stereocenters. The highest BCUT2D eigenvalue weighted by Gasteiger charge is 2.46. The van der Waals surface area contributed by atoms with Crippen molar-refractivity contribution < 1.29 is 17.9 Å². The maximum atomic E-state index is 14.6. The fraction of sp³-hybridized carbons (Fsp3) is 0.211. The van der Waals surface area contributed by atoms with Crippen LogP contribution in [0.2, 0.25) is 0 Å². The van der Waals surface area contributed by atoms with E-state index in [1.54, 1.807) is 18.5 Å². The summed E-state index contributed by atoms with van der Waals surface area (Å²) >= 11 is 3.36. The van der Waals surface area contributed by atoms with Gasteiger partial charge in [-0.05, 0) is 46.3 Å². The molecule has 1 aromatic carbocycles. The van der Waals surface area contributed by atoms with Crippen molar-refractivity contribution in [2.45, 2.75) is 12.0 Å². The van der Waals surface area contributed by atoms with Gasteiger partial charge in [-0.1, -0.05) is 0 Å². The molecule has 3 N–H and O–H groups in total. The van der Waals surface area contributed by atoms with E-state index in [0.717, 1.165) is 15.9 Å². The average molecular weight is 466 g/mol. The van der Waals surface area contributed by atoms with Crippen LogP contribution >= 0.6 is 15.9 Å². The number of benzene rings is 1. The quantitative estimate of drug-likeness (QED) is 0.605. The standard InChI is InChI=1S/C19H15BrF3N5O/c20-11-5-10-3-4-25-17(16(10)26-7-11)27-12-1-2-14(21)13(6-12)19(18(22)23)9-29-8-15(24)28-19/h1-7,18H,8-9H2,(H2,24,28)(H,25,27). The molecule has 0 spiro atoms. The zero-order valence-electron chi connectivity index (χ0n) is 14.9. The number of pyridine rings is 2. The molecule has 2 aromatic heterocycles. The van der Waals surface area contributed by atoms with Gasteiger partial charge in [-0.25, -0.2) is 18.2 Å². The molecule has 0 bridgehead atoms. The Balaban J connectivity index is 1.78. The molecule has 150 valence electrons. The maximum absolute atomic E-state index is 14.6. The lowest BCUT2D eigenvalue weighted by Gasteiger charge is -2.33. The number of fused-ring (bicyclic) bond motifs is 1. The molecule has 6 nitrogen and oxygen atoms in total. The molecule has 0 amide bonds. The molecule has 0 fully saturated rings. The van der Waals surface area contributed by atoms with Crippen molar-refractivity contribution in [1.82, 2.24) is 9.97 Å². The van der Waals surface area contributed by atoms with Crippen molar-refractivity contribution >= 4 is 44.2 Å². The minimum atomic E-state index is -3.01. The van der Waals surface area contributed by atoms with Crippen molar-refractivity contribution in [1.29, 1.82) is 0 Å². The van der Waals surface area contributed by atoms with Gasteiger partial charge >= 0.3 is 0 Å². The number of amidine groups is 1. The zero-order chi connectivity index (χ0) is 20.6. The second kappa shape index (κ2) is 7.60. The van der Waals surface area contributed by atoms with Gasteiger partial charge in [0.25, 0.3) is 6.43 Å². The van der Waals surface area contributed by atoms with Crippen LogP contribution in [0.1, 0.15) is 5.56 Å². The Morgan fingerprint density at radius 2 is 2.03 bits per heavy atom. The van der Waals surface area contributed by atoms with Gasteiger partial charge < -0.3 is 15.8 Å². The van der Waals surface area contributed by atoms with Crippen LogP contribution in [0.5, 0.6) is 0 Å². The smallest absolute Gasteiger partial charge is 0.269 e. The van der Waals surface area contributed by atoms with E-state index < -0.39 is 24.4 Å². The third kappa shape index (κ3) is 3.65. The Morgan fingerprint density at radius 3 is 2.79 bits per heavy atom. The first-order chi connectivity index (χ1) is 13.9. The Labute approximate surface area is 172 Å². The largest absolute Gasteiger partial charge is 0.385 e. The molecule has 29 heavy (non-hydrogen) atoms. The van der Waals surface area contributed by atoms with Gasteiger partial charge in [-0.15, -0.1) is 0 Å². The predicted molar refractivity (Wildman–Crippen MR) is 107 cm³/mol. The fourth-order valence-corrected chi connectivity index (χ4v) is 3.54. The normalized spacial score (nSPS) is 19.4. The van der Waals surface area contributed by atoms with Crippen LogP contribution in [-0.4, -0.2) is 35.4 Å². The maximum Gasteiger partial charge on any atom is 0.269 e. The summed E-state index contributed by atoms with van der Waals surface area (Å²) in [6, 6.07) is 7.45. The van der Waals surface area contributed by atoms with Crippen LogP contribution in [0.4, 0.5) is 24.7 Å². The summed E-state index contributed by atoms with van der Waals surface area (Å²) in [5, 5.41) is 3.84. The molecule has 1 aliphatic rings. The molecule has 1 aliphatic heterocycles. The molecule has 0 saturated heterocycles. The third-order valence-electron chi connectivity index (χ3n) is 4.54. The number of nitrogens with zero attached hydrogens (tertiary/aromatic N) is 3. The van der Waals surface area contributed by atoms with Gasteiger partial charge in [-0.3, -0.25) is 9.98 Å². The number of hydrogen-bond donors (Lipinski definition) is 2. The molecule has 3 aromatic rings. The van der Waals surface area contributed by atoms with E-state index in [1.807, 2.05) is 6.07 Å². The number of hydrogen-bond acceptors (Lipinski definition) is 6. The number of alkyl halides is 2. The molecule has 0 radical (unpaired) electrons. The third-order valence-corrected chi connectivity index (χ3v) is 4.97. The van der Waals surface area contributed by atoms with Crippen molar-refractivity contribution in [2.24, 2.45) is 10.7 Å². The molecule has 0 saturated carbocycles. The van der Waals surface area contributed by atoms with Gasteiger partial charge in [0.15, 0.2) is 11.4 Å². The first kappa shape index (κ1) is 19.6. The van der Waals surface area contributed by atoms with Crippen LogP contribution in [0.3, 0.4) is 0 Å². The van der Waals surface area contributed by atoms with Gasteiger partial charge in [0.05, 0.1) is 6.61 Å². The van der Waals surface area contributed by atoms with Crippen LogP contribution in [0, 0.1) is 5.82 Å². The van der Waals surface area contributed by atoms with Gasteiger partial charge in [0.2, 0.25) is 0 Å². The van der Waals surface area contributed by atoms with Gasteiger partial charge in [-0.2, -0.15) is 0 Å². The lowest BCUT2D eigenvalue weighted by atomic mass is 9.90. The number of halogens is 4. The molecule has 4 rings (SSSR count). The SMILES string of the molecule is NC1=NC(c2cc(Nc3nccc4cc(Br)cnc34)ccc2F)(C(F)F)COC1. The summed E-state index contributed by atoms with van der Waals surface area (Å²) < 4.78 is 48.4. The van der Waals surface area contributed by atoms with Crippen LogP contribution < -0.4 is 11.1 Å². The van der Waals surface area contributed by atoms with E-state index in [-0.39, 0.29) is 18.0 Å². The van der Waals surface area contributed by atoms with Crippen molar-refractivity contribution in [3.63, 3.8) is 0 Å². The first-order valence-corrected chi connectivity index (χ1v) is 9.36. The summed E-state index contributed by atoms with van der Waals surface area (Å²) in [5.74, 6) is -0.535. The van der Waals surface area contributed by atoms with E-state index in [9.17, 15) is 13.2 Å². The number of anilines is 2. The van der Waals surface area contributed by atoms with Crippen molar-refractivity contribution in [2.75, 3.05) is 18.5 Å². The molecule has 10 heteroatoms. The van der Waals surface area contributed by atoms with E-state index in [0.29, 0.717) is 17.0 Å². The monoisotopic (exact) mass is 465 g/mol. The number of ether oxygens (including phenoxy) is 1. The highest BCUT2D eigenvalue weighted by atomic mass is 79.9. The Morgan fingerprint density at radius 1 is 1.21 bits per heavy atom. The lowest BCUT2D eigenvalue weighted by Crippen LogP contribution is -2.45. The highest BCUT2D eigenvalue weighted by Crippen LogP contribution is 2.38. The minimum absolute atomic E-state index is 0.0742. The number of aliphatic imine (C=N–C) groups is 1. The van der Waals surface area contributed by atoms with E-state index in [4.69, 9.17) is 10.5 Å². The number of nitrogens with one attached hydrogen (secondary N) is 1. The number of aromatic nitrogens is 2. The Hall–Kier alpha value is -2.72. The lowest BCUT2D eigenvalue weighted by molar-refractivity contribution is -0.0145. The van der Waals surface area contributed by atoms with E-state index in [1.165, 1.54) is 12.1 Å². The molecular formula is C19H15BrF3N5O. The minimum Gasteiger partial charge on any atom is -0.385 e. The Bertz CT molecular complexity index is 1110. The second-order valence-electron chi connectivity index (χ2n) is 6.53. The van der Waals surface area contributed by atoms with Crippen molar-refractivity contribution in [3.8, 4) is 0 Å². The van der Waals surface area contributed by atoms with Crippen LogP contribution in [0.25, 0.3) is 10.9 Å². The van der Waals surface area contributed by atoms with Crippen molar-refractivity contribution in [3.05, 3.63) is 58.6 Å². The molecule has 0 aliphatic carbocycles. The average Bonchev–Trinajstić information content (AvgIpc) is 2.69. The summed E-state index contributed by atoms with van der Waals surface area (Å²) in [6.07, 6.45) is 0.193. The number of rotatable bonds is 4. The Kier molecular flexibility index (Phi) is 5.13.